The third kappa shape index (κ3) is 3.68. The summed E-state index contributed by atoms with van der Waals surface area (Å²) in [6, 6.07) is 4.53. The van der Waals surface area contributed by atoms with Gasteiger partial charge in [0.25, 0.3) is 0 Å². The zero-order valence-electron chi connectivity index (χ0n) is 11.7. The maximum atomic E-state index is 13.3. The summed E-state index contributed by atoms with van der Waals surface area (Å²) in [6.07, 6.45) is -4.71. The summed E-state index contributed by atoms with van der Waals surface area (Å²) in [6.45, 7) is 3.25. The summed E-state index contributed by atoms with van der Waals surface area (Å²) in [7, 11) is 0. The quantitative estimate of drug-likeness (QED) is 0.927. The van der Waals surface area contributed by atoms with Gasteiger partial charge in [0.2, 0.25) is 5.91 Å². The molecule has 1 aromatic rings. The molecule has 1 aliphatic rings. The molecule has 0 aliphatic carbocycles. The van der Waals surface area contributed by atoms with Crippen LogP contribution >= 0.6 is 11.6 Å². The Morgan fingerprint density at radius 3 is 2.57 bits per heavy atom. The van der Waals surface area contributed by atoms with Crippen molar-refractivity contribution in [2.75, 3.05) is 6.54 Å². The maximum Gasteiger partial charge on any atom is 0.406 e. The molecule has 1 aromatic carbocycles. The lowest BCUT2D eigenvalue weighted by molar-refractivity contribution is -0.188. The minimum Gasteiger partial charge on any atom is -0.288 e. The van der Waals surface area contributed by atoms with Gasteiger partial charge in [0.15, 0.2) is 0 Å². The Hall–Kier alpha value is -1.27. The fourth-order valence-electron chi connectivity index (χ4n) is 2.30. The molecule has 1 fully saturated rings. The van der Waals surface area contributed by atoms with Crippen LogP contribution in [0, 0.1) is 5.41 Å². The minimum absolute atomic E-state index is 0.0105. The van der Waals surface area contributed by atoms with Gasteiger partial charge in [-0.25, -0.2) is 5.01 Å². The first-order chi connectivity index (χ1) is 9.59. The maximum absolute atomic E-state index is 13.3. The van der Waals surface area contributed by atoms with Gasteiger partial charge in [-0.3, -0.25) is 10.2 Å². The van der Waals surface area contributed by atoms with Crippen molar-refractivity contribution in [2.45, 2.75) is 32.5 Å². The first-order valence-corrected chi connectivity index (χ1v) is 6.86. The summed E-state index contributed by atoms with van der Waals surface area (Å²) >= 11 is 5.81. The van der Waals surface area contributed by atoms with Crippen LogP contribution in [0.25, 0.3) is 0 Å². The van der Waals surface area contributed by atoms with Gasteiger partial charge >= 0.3 is 6.18 Å². The summed E-state index contributed by atoms with van der Waals surface area (Å²) in [5.41, 5.74) is 1.97. The molecule has 1 unspecified atom stereocenters. The van der Waals surface area contributed by atoms with Crippen molar-refractivity contribution < 1.29 is 18.0 Å². The minimum atomic E-state index is -4.45. The molecule has 0 aromatic heterocycles. The number of hydrogen-bond acceptors (Lipinski definition) is 2. The number of alkyl halides is 3. The van der Waals surface area contributed by atoms with Crippen LogP contribution in [0.5, 0.6) is 0 Å². The van der Waals surface area contributed by atoms with Crippen LogP contribution < -0.4 is 5.43 Å². The summed E-state index contributed by atoms with van der Waals surface area (Å²) in [4.78, 5) is 11.7. The molecule has 0 radical (unpaired) electrons. The Balaban J connectivity index is 2.23. The second-order valence-electron chi connectivity index (χ2n) is 5.84. The molecular formula is C14H16ClF3N2O. The van der Waals surface area contributed by atoms with Gasteiger partial charge in [0, 0.05) is 11.6 Å². The Kier molecular flexibility index (Phi) is 4.22. The first kappa shape index (κ1) is 16.1. The number of carbonyl (C=O) groups is 1. The largest absolute Gasteiger partial charge is 0.406 e. The Labute approximate surface area is 126 Å². The monoisotopic (exact) mass is 320 g/mol. The topological polar surface area (TPSA) is 32.3 Å². The average molecular weight is 321 g/mol. The van der Waals surface area contributed by atoms with Gasteiger partial charge in [-0.05, 0) is 38.0 Å². The molecule has 1 atom stereocenters. The van der Waals surface area contributed by atoms with E-state index in [2.05, 4.69) is 5.43 Å². The smallest absolute Gasteiger partial charge is 0.288 e. The van der Waals surface area contributed by atoms with Crippen LogP contribution in [0.3, 0.4) is 0 Å². The highest BCUT2D eigenvalue weighted by Crippen LogP contribution is 2.32. The SMILES string of the molecule is CC1(C)CN(C(Cc2cccc(Cl)c2)C(F)(F)F)NC1=O. The molecule has 1 amide bonds. The van der Waals surface area contributed by atoms with Crippen LogP contribution in [0.2, 0.25) is 5.02 Å². The van der Waals surface area contributed by atoms with Gasteiger partial charge in [-0.1, -0.05) is 23.7 Å². The molecule has 0 saturated carbocycles. The van der Waals surface area contributed by atoms with Gasteiger partial charge < -0.3 is 0 Å². The van der Waals surface area contributed by atoms with Crippen molar-refractivity contribution in [2.24, 2.45) is 5.41 Å². The van der Waals surface area contributed by atoms with Gasteiger partial charge in [-0.15, -0.1) is 0 Å². The molecule has 1 heterocycles. The summed E-state index contributed by atoms with van der Waals surface area (Å²) in [5.74, 6) is -0.400. The Bertz CT molecular complexity index is 545. The van der Waals surface area contributed by atoms with E-state index >= 15 is 0 Å². The number of hydrogen-bond donors (Lipinski definition) is 1. The lowest BCUT2D eigenvalue weighted by Crippen LogP contribution is -2.51. The van der Waals surface area contributed by atoms with Crippen molar-refractivity contribution in [1.29, 1.82) is 0 Å². The van der Waals surface area contributed by atoms with E-state index in [-0.39, 0.29) is 13.0 Å². The molecule has 3 nitrogen and oxygen atoms in total. The van der Waals surface area contributed by atoms with Gasteiger partial charge in [-0.2, -0.15) is 13.2 Å². The second kappa shape index (κ2) is 5.50. The van der Waals surface area contributed by atoms with E-state index in [0.717, 1.165) is 5.01 Å². The second-order valence-corrected chi connectivity index (χ2v) is 6.28. The highest BCUT2D eigenvalue weighted by molar-refractivity contribution is 6.30. The molecule has 116 valence electrons. The Morgan fingerprint density at radius 1 is 1.43 bits per heavy atom. The van der Waals surface area contributed by atoms with Crippen molar-refractivity contribution in [3.8, 4) is 0 Å². The number of hydrazine groups is 1. The molecule has 1 saturated heterocycles. The van der Waals surface area contributed by atoms with E-state index in [1.54, 1.807) is 32.0 Å². The number of amides is 1. The lowest BCUT2D eigenvalue weighted by Gasteiger charge is -2.29. The highest BCUT2D eigenvalue weighted by Gasteiger charge is 2.50. The van der Waals surface area contributed by atoms with Crippen LogP contribution in [0.4, 0.5) is 13.2 Å². The fourth-order valence-corrected chi connectivity index (χ4v) is 2.51. The van der Waals surface area contributed by atoms with Crippen molar-refractivity contribution in [3.05, 3.63) is 34.9 Å². The van der Waals surface area contributed by atoms with E-state index < -0.39 is 23.5 Å². The predicted molar refractivity (Wildman–Crippen MR) is 73.6 cm³/mol. The summed E-state index contributed by atoms with van der Waals surface area (Å²) in [5, 5.41) is 1.36. The Morgan fingerprint density at radius 2 is 2.10 bits per heavy atom. The van der Waals surface area contributed by atoms with E-state index in [0.29, 0.717) is 10.6 Å². The number of carbonyl (C=O) groups excluding carboxylic acids is 1. The molecule has 0 spiro atoms. The molecule has 0 bridgehead atoms. The number of halogens is 4. The summed E-state index contributed by atoms with van der Waals surface area (Å²) < 4.78 is 39.9. The zero-order chi connectivity index (χ0) is 15.8. The molecule has 1 N–H and O–H groups in total. The van der Waals surface area contributed by atoms with E-state index in [1.807, 2.05) is 0 Å². The fraction of sp³-hybridized carbons (Fsp3) is 0.500. The number of nitrogens with zero attached hydrogens (tertiary/aromatic N) is 1. The third-order valence-corrected chi connectivity index (χ3v) is 3.73. The molecule has 21 heavy (non-hydrogen) atoms. The van der Waals surface area contributed by atoms with Gasteiger partial charge in [0.1, 0.15) is 6.04 Å². The van der Waals surface area contributed by atoms with Crippen LogP contribution in [0.1, 0.15) is 19.4 Å². The highest BCUT2D eigenvalue weighted by atomic mass is 35.5. The third-order valence-electron chi connectivity index (χ3n) is 3.50. The van der Waals surface area contributed by atoms with Gasteiger partial charge in [0.05, 0.1) is 5.41 Å². The van der Waals surface area contributed by atoms with Crippen LogP contribution in [-0.2, 0) is 11.2 Å². The number of rotatable bonds is 3. The average Bonchev–Trinajstić information content (AvgIpc) is 2.59. The van der Waals surface area contributed by atoms with E-state index in [9.17, 15) is 18.0 Å². The molecule has 7 heteroatoms. The standard InChI is InChI=1S/C14H16ClF3N2O/c1-13(2)8-20(19-12(13)21)11(14(16,17)18)7-9-4-3-5-10(15)6-9/h3-6,11H,7-8H2,1-2H3,(H,19,21). The first-order valence-electron chi connectivity index (χ1n) is 6.48. The number of benzene rings is 1. The van der Waals surface area contributed by atoms with E-state index in [4.69, 9.17) is 11.6 Å². The lowest BCUT2D eigenvalue weighted by atomic mass is 9.94. The van der Waals surface area contributed by atoms with Crippen LogP contribution in [0.15, 0.2) is 24.3 Å². The van der Waals surface area contributed by atoms with Crippen molar-refractivity contribution >= 4 is 17.5 Å². The molecule has 2 rings (SSSR count). The van der Waals surface area contributed by atoms with Crippen molar-refractivity contribution in [1.82, 2.24) is 10.4 Å². The molecule has 1 aliphatic heterocycles. The van der Waals surface area contributed by atoms with E-state index in [1.165, 1.54) is 6.07 Å². The normalized spacial score (nSPS) is 20.4. The zero-order valence-corrected chi connectivity index (χ0v) is 12.4. The van der Waals surface area contributed by atoms with Crippen LogP contribution in [-0.4, -0.2) is 29.7 Å². The molecular weight excluding hydrogens is 305 g/mol. The number of nitrogens with one attached hydrogen (secondary N) is 1. The predicted octanol–water partition coefficient (Wildman–Crippen LogP) is 3.19. The van der Waals surface area contributed by atoms with Crippen molar-refractivity contribution in [3.63, 3.8) is 0 Å².